The van der Waals surface area contributed by atoms with E-state index >= 15 is 0 Å². The Bertz CT molecular complexity index is 490. The average Bonchev–Trinajstić information content (AvgIpc) is 2.46. The van der Waals surface area contributed by atoms with E-state index in [1.807, 2.05) is 0 Å². The van der Waals surface area contributed by atoms with E-state index in [2.05, 4.69) is 91.3 Å². The van der Waals surface area contributed by atoms with Crippen LogP contribution in [0.3, 0.4) is 0 Å². The van der Waals surface area contributed by atoms with Gasteiger partial charge in [0.15, 0.2) is 0 Å². The van der Waals surface area contributed by atoms with Crippen LogP contribution in [0.15, 0.2) is 60.7 Å². The second-order valence-electron chi connectivity index (χ2n) is 4.73. The molecule has 0 saturated carbocycles. The van der Waals surface area contributed by atoms with E-state index in [0.717, 1.165) is 0 Å². The molecule has 19 heavy (non-hydrogen) atoms. The molecule has 3 heteroatoms. The fourth-order valence-corrected chi connectivity index (χ4v) is 5.72. The molecule has 0 fully saturated rings. The molecule has 0 aliphatic rings. The van der Waals surface area contributed by atoms with Crippen LogP contribution in [-0.4, -0.2) is 43.0 Å². The first-order valence-corrected chi connectivity index (χ1v) is 13.1. The molecule has 0 nitrogen and oxygen atoms in total. The topological polar surface area (TPSA) is 0 Å². The number of aryl methyl sites for hydroxylation is 2. The van der Waals surface area contributed by atoms with Gasteiger partial charge in [-0.3, -0.25) is 0 Å². The van der Waals surface area contributed by atoms with Crippen molar-refractivity contribution < 1.29 is 0 Å². The molecule has 0 amide bonds. The van der Waals surface area contributed by atoms with Gasteiger partial charge in [0.1, 0.15) is 0 Å². The molecule has 100 valence electrons. The molecule has 0 atom stereocenters. The van der Waals surface area contributed by atoms with Crippen LogP contribution in [0.25, 0.3) is 0 Å². The molecule has 2 aromatic carbocycles. The summed E-state index contributed by atoms with van der Waals surface area (Å²) >= 11 is 6.90. The van der Waals surface area contributed by atoms with E-state index in [9.17, 15) is 0 Å². The summed E-state index contributed by atoms with van der Waals surface area (Å²) < 4.78 is -1.02. The standard InChI is InChI=1S/C16H19PSe2/c18-17(19,13-11-15-7-3-1-4-8-15)14-12-16-9-5-2-6-10-16/h1-10H,11-14H2,(H,18,19)/p-1. The predicted octanol–water partition coefficient (Wildman–Crippen LogP) is 3.66. The van der Waals surface area contributed by atoms with Crippen LogP contribution in [0.2, 0.25) is 0 Å². The van der Waals surface area contributed by atoms with Crippen molar-refractivity contribution in [1.82, 2.24) is 0 Å². The minimum absolute atomic E-state index is 1.02. The van der Waals surface area contributed by atoms with E-state index in [0.29, 0.717) is 0 Å². The quantitative estimate of drug-likeness (QED) is 0.514. The molecule has 0 spiro atoms. The van der Waals surface area contributed by atoms with Crippen molar-refractivity contribution in [3.8, 4) is 0 Å². The van der Waals surface area contributed by atoms with Crippen LogP contribution >= 0.6 is 4.20 Å². The second kappa shape index (κ2) is 7.63. The van der Waals surface area contributed by atoms with E-state index in [-0.39, 0.29) is 0 Å². The Morgan fingerprint density at radius 3 is 1.47 bits per heavy atom. The van der Waals surface area contributed by atoms with Crippen molar-refractivity contribution in [2.75, 3.05) is 12.3 Å². The summed E-state index contributed by atoms with van der Waals surface area (Å²) in [4.78, 5) is 0. The molecule has 2 aromatic rings. The SMILES string of the molecule is [Se]=P([Se-])(CCc1ccccc1)CCc1ccccc1. The first-order valence-electron chi connectivity index (χ1n) is 6.53. The maximum atomic E-state index is 3.45. The van der Waals surface area contributed by atoms with Crippen LogP contribution in [-0.2, 0) is 12.8 Å². The van der Waals surface area contributed by atoms with Crippen molar-refractivity contribution in [3.05, 3.63) is 71.8 Å². The first kappa shape index (κ1) is 15.3. The first-order chi connectivity index (χ1) is 9.16. The maximum absolute atomic E-state index is 3.45. The van der Waals surface area contributed by atoms with Gasteiger partial charge in [0.25, 0.3) is 0 Å². The number of rotatable bonds is 6. The molecule has 0 aliphatic heterocycles. The van der Waals surface area contributed by atoms with E-state index < -0.39 is 4.20 Å². The monoisotopic (exact) mass is 401 g/mol. The Kier molecular flexibility index (Phi) is 6.14. The summed E-state index contributed by atoms with van der Waals surface area (Å²) in [5, 5.41) is 0. The van der Waals surface area contributed by atoms with Crippen LogP contribution in [0.1, 0.15) is 11.1 Å². The summed E-state index contributed by atoms with van der Waals surface area (Å²) in [6.45, 7) is 0. The summed E-state index contributed by atoms with van der Waals surface area (Å²) in [7, 11) is 0. The molecular weight excluding hydrogens is 381 g/mol. The zero-order valence-electron chi connectivity index (χ0n) is 10.9. The summed E-state index contributed by atoms with van der Waals surface area (Å²) in [5.41, 5.74) is 2.88. The van der Waals surface area contributed by atoms with Gasteiger partial charge in [-0.1, -0.05) is 0 Å². The van der Waals surface area contributed by atoms with Gasteiger partial charge >= 0.3 is 132 Å². The van der Waals surface area contributed by atoms with Crippen LogP contribution in [0.5, 0.6) is 0 Å². The molecule has 0 aliphatic carbocycles. The van der Waals surface area contributed by atoms with Gasteiger partial charge in [-0.05, 0) is 0 Å². The molecule has 0 N–H and O–H groups in total. The molecule has 0 heterocycles. The van der Waals surface area contributed by atoms with Crippen LogP contribution in [0.4, 0.5) is 0 Å². The Labute approximate surface area is 131 Å². The molecule has 0 unspecified atom stereocenters. The summed E-state index contributed by atoms with van der Waals surface area (Å²) in [6, 6.07) is 21.5. The number of hydrogen-bond acceptors (Lipinski definition) is 0. The van der Waals surface area contributed by atoms with Crippen molar-refractivity contribution in [2.24, 2.45) is 0 Å². The van der Waals surface area contributed by atoms with Crippen molar-refractivity contribution in [2.45, 2.75) is 12.8 Å². The fourth-order valence-electron chi connectivity index (χ4n) is 2.00. The average molecular weight is 399 g/mol. The summed E-state index contributed by atoms with van der Waals surface area (Å²) in [5.74, 6) is 0. The Morgan fingerprint density at radius 2 is 1.11 bits per heavy atom. The molecule has 2 rings (SSSR count). The normalized spacial score (nSPS) is 11.4. The van der Waals surface area contributed by atoms with Gasteiger partial charge < -0.3 is 0 Å². The van der Waals surface area contributed by atoms with Crippen molar-refractivity contribution in [3.63, 3.8) is 0 Å². The van der Waals surface area contributed by atoms with Crippen molar-refractivity contribution >= 4 is 34.9 Å². The van der Waals surface area contributed by atoms with Gasteiger partial charge in [-0.2, -0.15) is 0 Å². The third kappa shape index (κ3) is 5.82. The zero-order chi connectivity index (χ0) is 13.6. The third-order valence-corrected chi connectivity index (χ3v) is 9.57. The van der Waals surface area contributed by atoms with Gasteiger partial charge in [-0.25, -0.2) is 0 Å². The number of hydrogen-bond donors (Lipinski definition) is 0. The van der Waals surface area contributed by atoms with Crippen LogP contribution < -0.4 is 0 Å². The molecule has 0 aromatic heterocycles. The molecular formula is C16H18PSe2-. The fraction of sp³-hybridized carbons (Fsp3) is 0.250. The Hall–Kier alpha value is -0.0910. The predicted molar refractivity (Wildman–Crippen MR) is 88.5 cm³/mol. The second-order valence-corrected chi connectivity index (χ2v) is 19.6. The zero-order valence-corrected chi connectivity index (χ0v) is 15.2. The van der Waals surface area contributed by atoms with Gasteiger partial charge in [0, 0.05) is 0 Å². The van der Waals surface area contributed by atoms with Crippen LogP contribution in [0, 0.1) is 0 Å². The van der Waals surface area contributed by atoms with E-state index in [1.165, 1.54) is 36.3 Å². The van der Waals surface area contributed by atoms with Gasteiger partial charge in [-0.15, -0.1) is 0 Å². The van der Waals surface area contributed by atoms with E-state index in [4.69, 9.17) is 0 Å². The summed E-state index contributed by atoms with van der Waals surface area (Å²) in [6.07, 6.45) is 4.85. The number of benzene rings is 2. The molecule has 0 saturated heterocycles. The molecule has 0 radical (unpaired) electrons. The van der Waals surface area contributed by atoms with Gasteiger partial charge in [0.05, 0.1) is 0 Å². The molecule has 0 bridgehead atoms. The van der Waals surface area contributed by atoms with Crippen molar-refractivity contribution in [1.29, 1.82) is 0 Å². The Balaban J connectivity index is 1.84. The van der Waals surface area contributed by atoms with Gasteiger partial charge in [0.2, 0.25) is 0 Å². The minimum atomic E-state index is -1.02. The third-order valence-electron chi connectivity index (χ3n) is 3.17. The van der Waals surface area contributed by atoms with E-state index in [1.54, 1.807) is 0 Å². The Morgan fingerprint density at radius 1 is 0.737 bits per heavy atom.